The summed E-state index contributed by atoms with van der Waals surface area (Å²) in [6.45, 7) is 1.91. The van der Waals surface area contributed by atoms with Crippen molar-refractivity contribution in [2.45, 2.75) is 13.3 Å². The van der Waals surface area contributed by atoms with Crippen LogP contribution in [0.25, 0.3) is 11.3 Å². The van der Waals surface area contributed by atoms with Crippen molar-refractivity contribution in [3.8, 4) is 11.3 Å². The second-order valence-electron chi connectivity index (χ2n) is 4.04. The summed E-state index contributed by atoms with van der Waals surface area (Å²) in [5, 5.41) is 2.79. The minimum Gasteiger partial charge on any atom is -0.326 e. The van der Waals surface area contributed by atoms with E-state index in [1.165, 1.54) is 11.3 Å². The summed E-state index contributed by atoms with van der Waals surface area (Å²) in [6.07, 6.45) is 0.413. The van der Waals surface area contributed by atoms with Crippen LogP contribution in [0.15, 0.2) is 23.0 Å². The molecule has 1 aliphatic rings. The molecule has 0 atom stereocenters. The van der Waals surface area contributed by atoms with Gasteiger partial charge in [0.15, 0.2) is 0 Å². The van der Waals surface area contributed by atoms with E-state index in [9.17, 15) is 9.59 Å². The molecule has 0 saturated heterocycles. The van der Waals surface area contributed by atoms with Crippen molar-refractivity contribution in [1.29, 1.82) is 0 Å². The van der Waals surface area contributed by atoms with Crippen molar-refractivity contribution in [2.75, 3.05) is 5.32 Å². The van der Waals surface area contributed by atoms with Crippen molar-refractivity contribution in [2.24, 2.45) is 0 Å². The number of aromatic amines is 1. The van der Waals surface area contributed by atoms with Crippen molar-refractivity contribution in [1.82, 2.24) is 4.98 Å². The van der Waals surface area contributed by atoms with E-state index in [-0.39, 0.29) is 10.8 Å². The number of thiazole rings is 1. The summed E-state index contributed by atoms with van der Waals surface area (Å²) in [5.41, 5.74) is 3.66. The molecule has 4 nitrogen and oxygen atoms in total. The first-order valence-electron chi connectivity index (χ1n) is 5.26. The smallest absolute Gasteiger partial charge is 0.305 e. The van der Waals surface area contributed by atoms with Crippen LogP contribution in [0.4, 0.5) is 5.69 Å². The van der Waals surface area contributed by atoms with Gasteiger partial charge in [-0.1, -0.05) is 17.4 Å². The van der Waals surface area contributed by atoms with Gasteiger partial charge in [-0.15, -0.1) is 0 Å². The summed E-state index contributed by atoms with van der Waals surface area (Å²) < 4.78 is 0. The van der Waals surface area contributed by atoms with E-state index in [0.717, 1.165) is 27.4 Å². The molecule has 1 aliphatic heterocycles. The molecule has 5 heteroatoms. The fraction of sp³-hybridized carbons (Fsp3) is 0.167. The molecule has 1 amide bonds. The van der Waals surface area contributed by atoms with Gasteiger partial charge in [0.1, 0.15) is 0 Å². The summed E-state index contributed by atoms with van der Waals surface area (Å²) in [7, 11) is 0. The van der Waals surface area contributed by atoms with Gasteiger partial charge < -0.3 is 10.3 Å². The number of hydrogen-bond acceptors (Lipinski definition) is 3. The van der Waals surface area contributed by atoms with E-state index in [1.54, 1.807) is 0 Å². The number of nitrogens with one attached hydrogen (secondary N) is 2. The Bertz CT molecular complexity index is 669. The topological polar surface area (TPSA) is 62.0 Å². The van der Waals surface area contributed by atoms with Gasteiger partial charge in [0.25, 0.3) is 0 Å². The number of fused-ring (bicyclic) bond motifs is 1. The molecule has 0 fully saturated rings. The highest BCUT2D eigenvalue weighted by Crippen LogP contribution is 2.29. The van der Waals surface area contributed by atoms with Crippen molar-refractivity contribution in [3.05, 3.63) is 38.3 Å². The minimum absolute atomic E-state index is 0.0210. The summed E-state index contributed by atoms with van der Waals surface area (Å²) in [6, 6.07) is 5.75. The van der Waals surface area contributed by atoms with Crippen LogP contribution >= 0.6 is 11.3 Å². The molecule has 0 aliphatic carbocycles. The highest BCUT2D eigenvalue weighted by atomic mass is 32.1. The normalized spacial score (nSPS) is 13.6. The first kappa shape index (κ1) is 10.3. The number of aryl methyl sites for hydroxylation is 1. The highest BCUT2D eigenvalue weighted by Gasteiger charge is 2.18. The fourth-order valence-corrected chi connectivity index (χ4v) is 2.77. The zero-order valence-electron chi connectivity index (χ0n) is 9.16. The van der Waals surface area contributed by atoms with E-state index in [0.29, 0.717) is 6.42 Å². The molecule has 2 heterocycles. The molecular formula is C12H10N2O2S. The van der Waals surface area contributed by atoms with E-state index in [1.807, 2.05) is 25.1 Å². The molecule has 3 rings (SSSR count). The molecule has 1 aromatic heterocycles. The van der Waals surface area contributed by atoms with Crippen LogP contribution in [-0.2, 0) is 11.2 Å². The molecule has 0 bridgehead atoms. The lowest BCUT2D eigenvalue weighted by molar-refractivity contribution is -0.115. The van der Waals surface area contributed by atoms with E-state index in [2.05, 4.69) is 10.3 Å². The molecule has 0 radical (unpaired) electrons. The average molecular weight is 246 g/mol. The Morgan fingerprint density at radius 3 is 2.82 bits per heavy atom. The first-order chi connectivity index (χ1) is 8.13. The summed E-state index contributed by atoms with van der Waals surface area (Å²) in [4.78, 5) is 26.3. The van der Waals surface area contributed by atoms with Gasteiger partial charge in [0.2, 0.25) is 5.91 Å². The molecular weight excluding hydrogens is 236 g/mol. The Hall–Kier alpha value is -1.88. The number of benzene rings is 1. The van der Waals surface area contributed by atoms with E-state index >= 15 is 0 Å². The third-order valence-corrected chi connectivity index (χ3v) is 3.64. The monoisotopic (exact) mass is 246 g/mol. The molecule has 17 heavy (non-hydrogen) atoms. The number of amides is 1. The Morgan fingerprint density at radius 2 is 2.12 bits per heavy atom. The lowest BCUT2D eigenvalue weighted by Crippen LogP contribution is -2.03. The number of carbonyl (C=O) groups is 1. The Labute approximate surface area is 101 Å². The van der Waals surface area contributed by atoms with Crippen LogP contribution in [0.3, 0.4) is 0 Å². The maximum atomic E-state index is 11.3. The molecule has 86 valence electrons. The standard InChI is InChI=1S/C12H10N2O2S/c1-6-11(14-12(16)17-6)7-2-3-9-8(4-7)5-10(15)13-9/h2-4H,5H2,1H3,(H,13,15)(H,14,16). The second-order valence-corrected chi connectivity index (χ2v) is 5.23. The zero-order valence-corrected chi connectivity index (χ0v) is 9.98. The van der Waals surface area contributed by atoms with Crippen LogP contribution in [0.5, 0.6) is 0 Å². The van der Waals surface area contributed by atoms with Crippen molar-refractivity contribution >= 4 is 22.9 Å². The molecule has 0 unspecified atom stereocenters. The highest BCUT2D eigenvalue weighted by molar-refractivity contribution is 7.09. The first-order valence-corrected chi connectivity index (χ1v) is 6.08. The maximum absolute atomic E-state index is 11.3. The predicted molar refractivity (Wildman–Crippen MR) is 67.4 cm³/mol. The number of H-pyrrole nitrogens is 1. The zero-order chi connectivity index (χ0) is 12.0. The Kier molecular flexibility index (Phi) is 2.16. The van der Waals surface area contributed by atoms with Crippen LogP contribution in [-0.4, -0.2) is 10.9 Å². The van der Waals surface area contributed by atoms with E-state index in [4.69, 9.17) is 0 Å². The fourth-order valence-electron chi connectivity index (χ4n) is 2.07. The molecule has 0 spiro atoms. The van der Waals surface area contributed by atoms with Crippen LogP contribution in [0.1, 0.15) is 10.4 Å². The number of carbonyl (C=O) groups excluding carboxylic acids is 1. The molecule has 2 N–H and O–H groups in total. The van der Waals surface area contributed by atoms with Crippen molar-refractivity contribution in [3.63, 3.8) is 0 Å². The Balaban J connectivity index is 2.12. The third kappa shape index (κ3) is 1.68. The van der Waals surface area contributed by atoms with Crippen LogP contribution in [0.2, 0.25) is 0 Å². The van der Waals surface area contributed by atoms with Gasteiger partial charge in [0, 0.05) is 10.6 Å². The number of hydrogen-bond donors (Lipinski definition) is 2. The molecule has 2 aromatic rings. The van der Waals surface area contributed by atoms with Gasteiger partial charge in [-0.05, 0) is 30.2 Å². The lowest BCUT2D eigenvalue weighted by atomic mass is 10.1. The van der Waals surface area contributed by atoms with Gasteiger partial charge in [-0.25, -0.2) is 0 Å². The second kappa shape index (κ2) is 3.56. The number of rotatable bonds is 1. The summed E-state index contributed by atoms with van der Waals surface area (Å²) in [5.74, 6) is 0.0210. The van der Waals surface area contributed by atoms with Gasteiger partial charge in [-0.3, -0.25) is 9.59 Å². The third-order valence-electron chi connectivity index (χ3n) is 2.84. The largest absolute Gasteiger partial charge is 0.326 e. The predicted octanol–water partition coefficient (Wildman–Crippen LogP) is 1.91. The van der Waals surface area contributed by atoms with Crippen LogP contribution in [0, 0.1) is 6.92 Å². The number of aromatic nitrogens is 1. The molecule has 1 aromatic carbocycles. The van der Waals surface area contributed by atoms with Gasteiger partial charge in [-0.2, -0.15) is 0 Å². The SMILES string of the molecule is Cc1sc(=O)[nH]c1-c1ccc2c(c1)CC(=O)N2. The molecule has 0 saturated carbocycles. The summed E-state index contributed by atoms with van der Waals surface area (Å²) >= 11 is 1.20. The quantitative estimate of drug-likeness (QED) is 0.807. The Morgan fingerprint density at radius 1 is 1.29 bits per heavy atom. The number of anilines is 1. The van der Waals surface area contributed by atoms with Crippen LogP contribution < -0.4 is 10.2 Å². The van der Waals surface area contributed by atoms with Crippen molar-refractivity contribution < 1.29 is 4.79 Å². The maximum Gasteiger partial charge on any atom is 0.305 e. The van der Waals surface area contributed by atoms with Gasteiger partial charge in [0.05, 0.1) is 12.1 Å². The average Bonchev–Trinajstić information content (AvgIpc) is 2.78. The minimum atomic E-state index is -0.0489. The lowest BCUT2D eigenvalue weighted by Gasteiger charge is -2.03. The van der Waals surface area contributed by atoms with E-state index < -0.39 is 0 Å². The van der Waals surface area contributed by atoms with Gasteiger partial charge >= 0.3 is 4.87 Å².